The van der Waals surface area contributed by atoms with Crippen LogP contribution < -0.4 is 0 Å². The second-order valence-electron chi connectivity index (χ2n) is 11.0. The molecule has 1 aromatic heterocycles. The molecule has 0 aromatic carbocycles. The van der Waals surface area contributed by atoms with Crippen molar-refractivity contribution in [3.8, 4) is 0 Å². The molecule has 5 aliphatic carbocycles. The van der Waals surface area contributed by atoms with Crippen molar-refractivity contribution in [2.24, 2.45) is 46.8 Å². The summed E-state index contributed by atoms with van der Waals surface area (Å²) in [6.07, 6.45) is 10.8. The minimum Gasteiger partial charge on any atom is -0.449 e. The lowest BCUT2D eigenvalue weighted by atomic mass is 9.49. The average Bonchev–Trinajstić information content (AvgIpc) is 3.08. The number of Topliss-reactive ketones (excluding diaryl/α,β-unsaturated/α-hetero) is 1. The number of carbonyl (C=O) groups excluding carboxylic acids is 1. The van der Waals surface area contributed by atoms with Crippen LogP contribution in [0.15, 0.2) is 16.9 Å². The molecular formula is C24H32FNO3. The third-order valence-corrected chi connectivity index (χ3v) is 10.2. The molecule has 0 spiro atoms. The van der Waals surface area contributed by atoms with Crippen molar-refractivity contribution < 1.29 is 18.7 Å². The van der Waals surface area contributed by atoms with E-state index >= 15 is 0 Å². The summed E-state index contributed by atoms with van der Waals surface area (Å²) < 4.78 is 19.7. The van der Waals surface area contributed by atoms with E-state index in [1.54, 1.807) is 12.5 Å². The van der Waals surface area contributed by atoms with Gasteiger partial charge in [-0.25, -0.2) is 9.37 Å². The molecule has 29 heavy (non-hydrogen) atoms. The Morgan fingerprint density at radius 1 is 1.14 bits per heavy atom. The number of oxazole rings is 1. The van der Waals surface area contributed by atoms with Crippen LogP contribution in [0, 0.1) is 46.8 Å². The Morgan fingerprint density at radius 3 is 2.69 bits per heavy atom. The van der Waals surface area contributed by atoms with E-state index < -0.39 is 11.8 Å². The molecule has 6 rings (SSSR count). The first kappa shape index (κ1) is 18.5. The Labute approximate surface area is 171 Å². The van der Waals surface area contributed by atoms with Gasteiger partial charge in [-0.05, 0) is 86.4 Å². The molecule has 4 nitrogen and oxygen atoms in total. The maximum absolute atomic E-state index is 14.3. The van der Waals surface area contributed by atoms with E-state index in [-0.39, 0.29) is 17.3 Å². The fourth-order valence-electron chi connectivity index (χ4n) is 8.89. The average molecular weight is 402 g/mol. The third kappa shape index (κ3) is 2.46. The summed E-state index contributed by atoms with van der Waals surface area (Å²) in [5.41, 5.74) is -0.892. The van der Waals surface area contributed by atoms with E-state index in [9.17, 15) is 14.3 Å². The van der Waals surface area contributed by atoms with Crippen LogP contribution in [0.25, 0.3) is 0 Å². The summed E-state index contributed by atoms with van der Waals surface area (Å²) >= 11 is 0. The molecule has 0 bridgehead atoms. The number of carbonyl (C=O) groups is 1. The van der Waals surface area contributed by atoms with Gasteiger partial charge in [-0.1, -0.05) is 6.92 Å². The molecule has 5 aliphatic rings. The van der Waals surface area contributed by atoms with Gasteiger partial charge in [0.25, 0.3) is 0 Å². The quantitative estimate of drug-likeness (QED) is 0.817. The number of ketones is 1. The van der Waals surface area contributed by atoms with Crippen molar-refractivity contribution in [2.45, 2.75) is 76.5 Å². The number of aliphatic hydroxyl groups is 1. The van der Waals surface area contributed by atoms with Crippen molar-refractivity contribution in [1.82, 2.24) is 4.98 Å². The highest BCUT2D eigenvalue weighted by Gasteiger charge is 2.72. The van der Waals surface area contributed by atoms with Crippen LogP contribution in [0.4, 0.5) is 4.39 Å². The van der Waals surface area contributed by atoms with Crippen molar-refractivity contribution >= 4 is 5.78 Å². The Balaban J connectivity index is 1.21. The maximum Gasteiger partial charge on any atom is 0.201 e. The summed E-state index contributed by atoms with van der Waals surface area (Å²) in [7, 11) is 0. The van der Waals surface area contributed by atoms with Crippen LogP contribution in [0.2, 0.25) is 0 Å². The van der Waals surface area contributed by atoms with Crippen molar-refractivity contribution in [2.75, 3.05) is 0 Å². The van der Waals surface area contributed by atoms with Crippen LogP contribution in [0.5, 0.6) is 0 Å². The molecule has 1 N–H and O–H groups in total. The van der Waals surface area contributed by atoms with Crippen molar-refractivity contribution in [3.05, 3.63) is 18.4 Å². The summed E-state index contributed by atoms with van der Waals surface area (Å²) in [6, 6.07) is 0. The summed E-state index contributed by atoms with van der Waals surface area (Å²) in [5.74, 6) is 3.80. The van der Waals surface area contributed by atoms with Crippen LogP contribution in [0.1, 0.15) is 64.2 Å². The van der Waals surface area contributed by atoms with Gasteiger partial charge in [0, 0.05) is 11.8 Å². The zero-order valence-electron chi connectivity index (χ0n) is 17.2. The number of rotatable bonds is 3. The number of hydrogen-bond donors (Lipinski definition) is 1. The SMILES string of the molecule is C[C@]12CC[C@@H]3[C@H]4CC[C@]5(O)C(F)C5[C@H]4CC[C@H]3[C@@H]1CC[C@@H]2C(=O)Cc1ncco1. The Morgan fingerprint density at radius 2 is 1.90 bits per heavy atom. The molecule has 10 atom stereocenters. The second kappa shape index (κ2) is 6.15. The zero-order chi connectivity index (χ0) is 20.0. The normalized spacial score (nSPS) is 52.8. The minimum atomic E-state index is -0.984. The van der Waals surface area contributed by atoms with Gasteiger partial charge in [0.15, 0.2) is 0 Å². The van der Waals surface area contributed by atoms with Gasteiger partial charge < -0.3 is 9.52 Å². The first-order valence-electron chi connectivity index (χ1n) is 11.7. The van der Waals surface area contributed by atoms with Gasteiger partial charge in [-0.3, -0.25) is 4.79 Å². The van der Waals surface area contributed by atoms with Gasteiger partial charge in [-0.2, -0.15) is 0 Å². The highest BCUT2D eigenvalue weighted by atomic mass is 19.1. The molecule has 158 valence electrons. The first-order chi connectivity index (χ1) is 13.9. The summed E-state index contributed by atoms with van der Waals surface area (Å²) in [6.45, 7) is 2.36. The lowest BCUT2D eigenvalue weighted by Gasteiger charge is -2.55. The number of fused-ring (bicyclic) bond motifs is 7. The maximum atomic E-state index is 14.3. The Kier molecular flexibility index (Phi) is 3.93. The predicted molar refractivity (Wildman–Crippen MR) is 105 cm³/mol. The van der Waals surface area contributed by atoms with E-state index in [1.807, 2.05) is 0 Å². The van der Waals surface area contributed by atoms with E-state index in [1.165, 1.54) is 6.42 Å². The van der Waals surface area contributed by atoms with Gasteiger partial charge in [0.2, 0.25) is 5.89 Å². The number of hydrogen-bond acceptors (Lipinski definition) is 4. The topological polar surface area (TPSA) is 63.3 Å². The molecule has 5 heteroatoms. The fourth-order valence-corrected chi connectivity index (χ4v) is 8.89. The van der Waals surface area contributed by atoms with Gasteiger partial charge in [0.1, 0.15) is 23.8 Å². The number of aromatic nitrogens is 1. The van der Waals surface area contributed by atoms with Crippen molar-refractivity contribution in [1.29, 1.82) is 0 Å². The molecule has 1 heterocycles. The Bertz CT molecular complexity index is 811. The van der Waals surface area contributed by atoms with Gasteiger partial charge >= 0.3 is 0 Å². The smallest absolute Gasteiger partial charge is 0.201 e. The van der Waals surface area contributed by atoms with Crippen LogP contribution >= 0.6 is 0 Å². The highest BCUT2D eigenvalue weighted by molar-refractivity contribution is 5.83. The minimum absolute atomic E-state index is 0.0887. The molecular weight excluding hydrogens is 369 g/mol. The van der Waals surface area contributed by atoms with E-state index in [4.69, 9.17) is 4.42 Å². The van der Waals surface area contributed by atoms with E-state index in [0.29, 0.717) is 54.1 Å². The first-order valence-corrected chi connectivity index (χ1v) is 11.7. The van der Waals surface area contributed by atoms with Gasteiger partial charge in [0.05, 0.1) is 12.6 Å². The van der Waals surface area contributed by atoms with Crippen LogP contribution in [-0.4, -0.2) is 27.6 Å². The molecule has 0 radical (unpaired) electrons. The molecule has 1 aromatic rings. The zero-order valence-corrected chi connectivity index (χ0v) is 17.2. The fraction of sp³-hybridized carbons (Fsp3) is 0.833. The lowest BCUT2D eigenvalue weighted by Crippen LogP contribution is -2.50. The predicted octanol–water partition coefficient (Wildman–Crippen LogP) is 4.36. The third-order valence-electron chi connectivity index (χ3n) is 10.2. The van der Waals surface area contributed by atoms with E-state index in [0.717, 1.165) is 38.5 Å². The van der Waals surface area contributed by atoms with Gasteiger partial charge in [-0.15, -0.1) is 0 Å². The molecule has 5 fully saturated rings. The molecule has 5 saturated carbocycles. The molecule has 0 aliphatic heterocycles. The lowest BCUT2D eigenvalue weighted by molar-refractivity contribution is -0.130. The second-order valence-corrected chi connectivity index (χ2v) is 11.0. The molecule has 0 saturated heterocycles. The molecule has 0 amide bonds. The summed E-state index contributed by atoms with van der Waals surface area (Å²) in [5, 5.41) is 10.5. The Hall–Kier alpha value is -1.23. The van der Waals surface area contributed by atoms with E-state index in [2.05, 4.69) is 11.9 Å². The number of halogens is 1. The summed E-state index contributed by atoms with van der Waals surface area (Å²) in [4.78, 5) is 17.3. The highest BCUT2D eigenvalue weighted by Crippen LogP contribution is 2.69. The molecule has 2 unspecified atom stereocenters. The monoisotopic (exact) mass is 401 g/mol. The van der Waals surface area contributed by atoms with Crippen LogP contribution in [-0.2, 0) is 11.2 Å². The van der Waals surface area contributed by atoms with Crippen LogP contribution in [0.3, 0.4) is 0 Å². The van der Waals surface area contributed by atoms with Crippen molar-refractivity contribution in [3.63, 3.8) is 0 Å². The largest absolute Gasteiger partial charge is 0.449 e. The number of alkyl halides is 1. The number of nitrogens with zero attached hydrogens (tertiary/aromatic N) is 1. The standard InChI is InChI=1S/C24H32FNO3/c1-23-8-6-13-14-7-9-24(28)21(22(24)25)16(14)3-2-15(13)17(23)4-5-18(23)19(27)12-20-26-10-11-29-20/h10-11,13-18,21-22,28H,2-9,12H2,1H3/t13-,14-,15-,16+,17+,18-,21?,22?,23+,24-/m1/s1.